The van der Waals surface area contributed by atoms with Crippen LogP contribution in [0.15, 0.2) is 18.2 Å². The zero-order chi connectivity index (χ0) is 20.2. The molecule has 27 heavy (non-hydrogen) atoms. The fourth-order valence-corrected chi connectivity index (χ4v) is 4.38. The maximum absolute atomic E-state index is 12.5. The van der Waals surface area contributed by atoms with E-state index in [1.807, 2.05) is 0 Å². The van der Waals surface area contributed by atoms with Gasteiger partial charge in [0.1, 0.15) is 0 Å². The highest BCUT2D eigenvalue weighted by Gasteiger charge is 2.28. The Morgan fingerprint density at radius 3 is 2.56 bits per heavy atom. The Morgan fingerprint density at radius 2 is 2.00 bits per heavy atom. The quantitative estimate of drug-likeness (QED) is 0.517. The van der Waals surface area contributed by atoms with Crippen LogP contribution in [0.1, 0.15) is 13.3 Å². The van der Waals surface area contributed by atoms with Gasteiger partial charge in [-0.2, -0.15) is 0 Å². The number of likely N-dealkylation sites (N-methyl/N-ethyl adjacent to an activating group) is 2. The molecule has 2 N–H and O–H groups in total. The molecule has 1 saturated heterocycles. The van der Waals surface area contributed by atoms with Gasteiger partial charge in [0.2, 0.25) is 5.91 Å². The normalized spacial score (nSPS) is 17.5. The van der Waals surface area contributed by atoms with E-state index in [0.29, 0.717) is 12.1 Å². The predicted octanol–water partition coefficient (Wildman–Crippen LogP) is 1.61. The van der Waals surface area contributed by atoms with Crippen LogP contribution in [0.4, 0.5) is 11.4 Å². The van der Waals surface area contributed by atoms with Gasteiger partial charge in [-0.25, -0.2) is 8.42 Å². The molecule has 0 radical (unpaired) electrons. The first kappa shape index (κ1) is 21.9. The van der Waals surface area contributed by atoms with Crippen LogP contribution in [0, 0.1) is 0 Å². The van der Waals surface area contributed by atoms with Crippen LogP contribution in [0.25, 0.3) is 0 Å². The summed E-state index contributed by atoms with van der Waals surface area (Å²) in [5.74, 6) is -0.447. The summed E-state index contributed by atoms with van der Waals surface area (Å²) in [5.41, 5.74) is 0.389. The molecule has 0 unspecified atom stereocenters. The lowest BCUT2D eigenvalue weighted by Gasteiger charge is -2.41. The van der Waals surface area contributed by atoms with Gasteiger partial charge in [-0.1, -0.05) is 11.6 Å². The summed E-state index contributed by atoms with van der Waals surface area (Å²) in [6, 6.07) is 4.15. The Bertz CT molecular complexity index is 779. The number of carbonyl (C=O) groups is 1. The molecule has 1 fully saturated rings. The maximum atomic E-state index is 12.5. The Hall–Kier alpha value is -1.39. The third kappa shape index (κ3) is 6.05. The number of sulfonamides is 1. The topological polar surface area (TPSA) is 90.0 Å². The Balaban J connectivity index is 1.97. The number of nitrogens with zero attached hydrogens (tertiary/aromatic N) is 3. The zero-order valence-electron chi connectivity index (χ0n) is 16.0. The van der Waals surface area contributed by atoms with Crippen LogP contribution >= 0.6 is 11.6 Å². The van der Waals surface area contributed by atoms with E-state index in [-0.39, 0.29) is 26.8 Å². The summed E-state index contributed by atoms with van der Waals surface area (Å²) >= 11 is 6.05. The minimum absolute atomic E-state index is 0.0362. The van der Waals surface area contributed by atoms with E-state index in [0.717, 1.165) is 37.2 Å². The highest BCUT2D eigenvalue weighted by Crippen LogP contribution is 2.28. The molecule has 2 rings (SSSR count). The van der Waals surface area contributed by atoms with Gasteiger partial charge in [0.25, 0.3) is 10.0 Å². The maximum Gasteiger partial charge on any atom is 0.257 e. The van der Waals surface area contributed by atoms with Crippen molar-refractivity contribution in [2.45, 2.75) is 13.3 Å². The lowest BCUT2D eigenvalue weighted by atomic mass is 10.2. The van der Waals surface area contributed by atoms with Crippen molar-refractivity contribution in [2.75, 3.05) is 62.4 Å². The predicted molar refractivity (Wildman–Crippen MR) is 107 cm³/mol. The molecule has 0 aliphatic carbocycles. The van der Waals surface area contributed by atoms with Crippen molar-refractivity contribution >= 4 is 38.9 Å². The van der Waals surface area contributed by atoms with E-state index in [1.165, 1.54) is 25.1 Å². The summed E-state index contributed by atoms with van der Waals surface area (Å²) in [4.78, 5) is 13.4. The SMILES string of the molecule is CC(=O)Nc1ccc(N(O)S(=O)(=O)CCC[N+]2(C)CCN(C)CC2)cc1Cl. The van der Waals surface area contributed by atoms with Crippen LogP contribution in [0.3, 0.4) is 0 Å². The Labute approximate surface area is 165 Å². The Morgan fingerprint density at radius 1 is 1.37 bits per heavy atom. The number of halogens is 1. The number of hydrogen-bond donors (Lipinski definition) is 2. The third-order valence-corrected chi connectivity index (χ3v) is 6.75. The van der Waals surface area contributed by atoms with Crippen molar-refractivity contribution in [1.82, 2.24) is 4.90 Å². The van der Waals surface area contributed by atoms with Gasteiger partial charge in [0, 0.05) is 26.4 Å². The lowest BCUT2D eigenvalue weighted by Crippen LogP contribution is -2.56. The number of hydrogen-bond acceptors (Lipinski definition) is 5. The molecular formula is C17H28ClN4O4S+. The van der Waals surface area contributed by atoms with E-state index in [1.54, 1.807) is 0 Å². The average Bonchev–Trinajstić information content (AvgIpc) is 2.58. The van der Waals surface area contributed by atoms with Gasteiger partial charge in [-0.15, -0.1) is 4.47 Å². The van der Waals surface area contributed by atoms with Crippen molar-refractivity contribution in [3.63, 3.8) is 0 Å². The summed E-state index contributed by atoms with van der Waals surface area (Å²) in [7, 11) is 0.337. The first-order chi connectivity index (χ1) is 12.5. The molecule has 152 valence electrons. The van der Waals surface area contributed by atoms with Crippen molar-refractivity contribution in [2.24, 2.45) is 0 Å². The number of piperazine rings is 1. The smallest absolute Gasteiger partial charge is 0.257 e. The van der Waals surface area contributed by atoms with Gasteiger partial charge in [0.05, 0.1) is 48.8 Å². The second-order valence-electron chi connectivity index (χ2n) is 7.35. The fraction of sp³-hybridized carbons (Fsp3) is 0.588. The van der Waals surface area contributed by atoms with Gasteiger partial charge >= 0.3 is 0 Å². The zero-order valence-corrected chi connectivity index (χ0v) is 17.6. The summed E-state index contributed by atoms with van der Waals surface area (Å²) in [6.07, 6.45) is 0.456. The fourth-order valence-electron chi connectivity index (χ4n) is 3.06. The molecule has 0 atom stereocenters. The van der Waals surface area contributed by atoms with Crippen molar-refractivity contribution in [1.29, 1.82) is 0 Å². The first-order valence-electron chi connectivity index (χ1n) is 8.83. The molecule has 1 amide bonds. The lowest BCUT2D eigenvalue weighted by molar-refractivity contribution is -0.913. The molecule has 8 nitrogen and oxygen atoms in total. The van der Waals surface area contributed by atoms with Crippen molar-refractivity contribution < 1.29 is 22.9 Å². The van der Waals surface area contributed by atoms with E-state index >= 15 is 0 Å². The highest BCUT2D eigenvalue weighted by atomic mass is 35.5. The Kier molecular flexibility index (Phi) is 7.09. The second kappa shape index (κ2) is 8.74. The molecule has 1 aromatic carbocycles. The molecule has 1 aromatic rings. The molecule has 1 aliphatic heterocycles. The van der Waals surface area contributed by atoms with Crippen LogP contribution in [-0.4, -0.2) is 81.5 Å². The molecular weight excluding hydrogens is 392 g/mol. The molecule has 1 heterocycles. The first-order valence-corrected chi connectivity index (χ1v) is 10.8. The van der Waals surface area contributed by atoms with E-state index in [4.69, 9.17) is 11.6 Å². The number of benzene rings is 1. The van der Waals surface area contributed by atoms with Crippen LogP contribution in [0.5, 0.6) is 0 Å². The number of amides is 1. The van der Waals surface area contributed by atoms with E-state index in [2.05, 4.69) is 24.3 Å². The highest BCUT2D eigenvalue weighted by molar-refractivity contribution is 7.92. The number of quaternary nitrogens is 1. The number of carbonyl (C=O) groups excluding carboxylic acids is 1. The molecule has 0 bridgehead atoms. The number of nitrogens with one attached hydrogen (secondary N) is 1. The van der Waals surface area contributed by atoms with E-state index < -0.39 is 10.0 Å². The molecule has 10 heteroatoms. The van der Waals surface area contributed by atoms with Gasteiger partial charge in [0.15, 0.2) is 0 Å². The summed E-state index contributed by atoms with van der Waals surface area (Å²) in [5, 5.41) is 12.8. The standard InChI is InChI=1S/C17H27ClN4O4S/c1-14(23)19-17-6-5-15(13-16(17)18)21(24)27(25,26)12-4-9-22(3)10-7-20(2)8-11-22/h5-6,13,24H,4,7-12H2,1-3H3/p+1. The molecule has 0 saturated carbocycles. The number of anilines is 2. The van der Waals surface area contributed by atoms with Crippen molar-refractivity contribution in [3.05, 3.63) is 23.2 Å². The summed E-state index contributed by atoms with van der Waals surface area (Å²) < 4.78 is 26.0. The van der Waals surface area contributed by atoms with Gasteiger partial charge in [-0.05, 0) is 25.2 Å². The average molecular weight is 420 g/mol. The van der Waals surface area contributed by atoms with Gasteiger partial charge < -0.3 is 9.80 Å². The van der Waals surface area contributed by atoms with Gasteiger partial charge in [-0.3, -0.25) is 14.9 Å². The third-order valence-electron chi connectivity index (χ3n) is 4.89. The minimum atomic E-state index is -3.88. The molecule has 1 aliphatic rings. The van der Waals surface area contributed by atoms with E-state index in [9.17, 15) is 18.4 Å². The molecule has 0 aromatic heterocycles. The van der Waals surface area contributed by atoms with Crippen LogP contribution in [0.2, 0.25) is 5.02 Å². The minimum Gasteiger partial charge on any atom is -0.325 e. The monoisotopic (exact) mass is 419 g/mol. The second-order valence-corrected chi connectivity index (χ2v) is 9.68. The largest absolute Gasteiger partial charge is 0.325 e. The summed E-state index contributed by atoms with van der Waals surface area (Å²) in [6.45, 7) is 6.04. The molecule has 0 spiro atoms. The number of rotatable bonds is 7. The van der Waals surface area contributed by atoms with Crippen molar-refractivity contribution in [3.8, 4) is 0 Å². The van der Waals surface area contributed by atoms with Crippen LogP contribution in [-0.2, 0) is 14.8 Å². The van der Waals surface area contributed by atoms with Crippen LogP contribution < -0.4 is 9.79 Å².